The van der Waals surface area contributed by atoms with E-state index in [1.54, 1.807) is 6.33 Å². The Labute approximate surface area is 154 Å². The van der Waals surface area contributed by atoms with Gasteiger partial charge in [0.15, 0.2) is 0 Å². The van der Waals surface area contributed by atoms with E-state index in [9.17, 15) is 5.11 Å². The van der Waals surface area contributed by atoms with Crippen molar-refractivity contribution >= 4 is 23.2 Å². The monoisotopic (exact) mass is 360 g/mol. The van der Waals surface area contributed by atoms with Gasteiger partial charge in [0.25, 0.3) is 0 Å². The molecule has 25 heavy (non-hydrogen) atoms. The number of halogens is 1. The Morgan fingerprint density at radius 1 is 1.28 bits per heavy atom. The van der Waals surface area contributed by atoms with Gasteiger partial charge in [-0.25, -0.2) is 9.97 Å². The Bertz CT molecular complexity index is 699. The van der Waals surface area contributed by atoms with Crippen molar-refractivity contribution in [1.29, 1.82) is 0 Å². The number of nitrogens with zero attached hydrogens (tertiary/aromatic N) is 3. The maximum Gasteiger partial charge on any atom is 0.134 e. The second-order valence-electron chi connectivity index (χ2n) is 7.18. The van der Waals surface area contributed by atoms with E-state index in [1.165, 1.54) is 0 Å². The van der Waals surface area contributed by atoms with Crippen LogP contribution in [-0.4, -0.2) is 33.8 Å². The average molecular weight is 361 g/mol. The predicted octanol–water partition coefficient (Wildman–Crippen LogP) is 3.73. The van der Waals surface area contributed by atoms with E-state index in [2.05, 4.69) is 20.2 Å². The summed E-state index contributed by atoms with van der Waals surface area (Å²) >= 11 is 5.92. The van der Waals surface area contributed by atoms with E-state index in [4.69, 9.17) is 11.6 Å². The highest BCUT2D eigenvalue weighted by Crippen LogP contribution is 2.29. The Morgan fingerprint density at radius 3 is 2.76 bits per heavy atom. The normalized spacial score (nSPS) is 18.2. The van der Waals surface area contributed by atoms with Crippen molar-refractivity contribution in [2.75, 3.05) is 23.3 Å². The third-order valence-electron chi connectivity index (χ3n) is 4.78. The fourth-order valence-electron chi connectivity index (χ4n) is 3.17. The second kappa shape index (κ2) is 7.58. The summed E-state index contributed by atoms with van der Waals surface area (Å²) in [6.45, 7) is 6.23. The smallest absolute Gasteiger partial charge is 0.134 e. The van der Waals surface area contributed by atoms with Crippen LogP contribution >= 0.6 is 11.6 Å². The first kappa shape index (κ1) is 18.0. The lowest BCUT2D eigenvalue weighted by Crippen LogP contribution is -2.45. The molecule has 5 nitrogen and oxygen atoms in total. The van der Waals surface area contributed by atoms with Crippen molar-refractivity contribution in [1.82, 2.24) is 9.97 Å². The molecule has 1 fully saturated rings. The van der Waals surface area contributed by atoms with Crippen LogP contribution in [0.2, 0.25) is 5.02 Å². The lowest BCUT2D eigenvalue weighted by molar-refractivity contribution is 0.0109. The number of aliphatic hydroxyl groups is 1. The van der Waals surface area contributed by atoms with E-state index >= 15 is 0 Å². The average Bonchev–Trinajstić information content (AvgIpc) is 2.61. The molecule has 2 heterocycles. The number of anilines is 2. The zero-order valence-electron chi connectivity index (χ0n) is 14.7. The molecule has 0 bridgehead atoms. The topological polar surface area (TPSA) is 61.3 Å². The van der Waals surface area contributed by atoms with Gasteiger partial charge in [-0.2, -0.15) is 0 Å². The SMILES string of the molecule is CC(C)(O)C1CCCN(c2cc(NCc3ccc(Cl)cc3)ncn2)C1. The molecule has 1 aliphatic rings. The number of hydrogen-bond acceptors (Lipinski definition) is 5. The van der Waals surface area contributed by atoms with E-state index in [0.717, 1.165) is 48.2 Å². The summed E-state index contributed by atoms with van der Waals surface area (Å²) in [6.07, 6.45) is 3.70. The molecule has 0 spiro atoms. The van der Waals surface area contributed by atoms with Crippen LogP contribution in [0.3, 0.4) is 0 Å². The molecule has 2 aromatic rings. The number of piperidine rings is 1. The van der Waals surface area contributed by atoms with Crippen LogP contribution in [0.5, 0.6) is 0 Å². The Morgan fingerprint density at radius 2 is 2.04 bits per heavy atom. The van der Waals surface area contributed by atoms with Crippen molar-refractivity contribution in [3.8, 4) is 0 Å². The van der Waals surface area contributed by atoms with Gasteiger partial charge >= 0.3 is 0 Å². The van der Waals surface area contributed by atoms with Gasteiger partial charge in [-0.05, 0) is 44.4 Å². The summed E-state index contributed by atoms with van der Waals surface area (Å²) in [6, 6.07) is 9.73. The minimum Gasteiger partial charge on any atom is -0.390 e. The van der Waals surface area contributed by atoms with Gasteiger partial charge in [0, 0.05) is 36.6 Å². The molecule has 1 aromatic carbocycles. The van der Waals surface area contributed by atoms with Crippen LogP contribution in [0.1, 0.15) is 32.3 Å². The molecule has 2 N–H and O–H groups in total. The van der Waals surface area contributed by atoms with E-state index in [-0.39, 0.29) is 5.92 Å². The molecule has 6 heteroatoms. The van der Waals surface area contributed by atoms with E-state index < -0.39 is 5.60 Å². The molecule has 1 unspecified atom stereocenters. The third kappa shape index (κ3) is 4.83. The predicted molar refractivity (Wildman–Crippen MR) is 102 cm³/mol. The van der Waals surface area contributed by atoms with Crippen molar-refractivity contribution < 1.29 is 5.11 Å². The van der Waals surface area contributed by atoms with Crippen LogP contribution < -0.4 is 10.2 Å². The standard InChI is InChI=1S/C19H25ClN4O/c1-19(2,25)15-4-3-9-24(12-15)18-10-17(22-13-23-18)21-11-14-5-7-16(20)8-6-14/h5-8,10,13,15,25H,3-4,9,11-12H2,1-2H3,(H,21,22,23). The molecule has 1 aromatic heterocycles. The number of benzene rings is 1. The Balaban J connectivity index is 1.65. The molecule has 1 saturated heterocycles. The minimum absolute atomic E-state index is 0.252. The van der Waals surface area contributed by atoms with Crippen LogP contribution in [0.4, 0.5) is 11.6 Å². The maximum absolute atomic E-state index is 10.3. The molecule has 0 aliphatic carbocycles. The molecular formula is C19H25ClN4O. The van der Waals surface area contributed by atoms with Crippen molar-refractivity contribution in [3.05, 3.63) is 47.2 Å². The van der Waals surface area contributed by atoms with Gasteiger partial charge in [-0.15, -0.1) is 0 Å². The molecule has 1 atom stereocenters. The fraction of sp³-hybridized carbons (Fsp3) is 0.474. The summed E-state index contributed by atoms with van der Waals surface area (Å²) in [5.74, 6) is 1.95. The summed E-state index contributed by atoms with van der Waals surface area (Å²) < 4.78 is 0. The van der Waals surface area contributed by atoms with Gasteiger partial charge in [0.2, 0.25) is 0 Å². The van der Waals surface area contributed by atoms with E-state index in [1.807, 2.05) is 44.2 Å². The van der Waals surface area contributed by atoms with Gasteiger partial charge < -0.3 is 15.3 Å². The molecule has 0 radical (unpaired) electrons. The summed E-state index contributed by atoms with van der Waals surface area (Å²) in [5.41, 5.74) is 0.478. The van der Waals surface area contributed by atoms with E-state index in [0.29, 0.717) is 6.54 Å². The van der Waals surface area contributed by atoms with Gasteiger partial charge in [-0.1, -0.05) is 23.7 Å². The summed E-state index contributed by atoms with van der Waals surface area (Å²) in [7, 11) is 0. The molecule has 1 aliphatic heterocycles. The highest BCUT2D eigenvalue weighted by Gasteiger charge is 2.31. The highest BCUT2D eigenvalue weighted by molar-refractivity contribution is 6.30. The zero-order chi connectivity index (χ0) is 17.9. The number of aromatic nitrogens is 2. The third-order valence-corrected chi connectivity index (χ3v) is 5.04. The zero-order valence-corrected chi connectivity index (χ0v) is 15.5. The summed E-state index contributed by atoms with van der Waals surface area (Å²) in [4.78, 5) is 11.0. The largest absolute Gasteiger partial charge is 0.390 e. The first-order valence-corrected chi connectivity index (χ1v) is 9.07. The molecule has 134 valence electrons. The Hall–Kier alpha value is -1.85. The second-order valence-corrected chi connectivity index (χ2v) is 7.62. The first-order valence-electron chi connectivity index (χ1n) is 8.69. The van der Waals surface area contributed by atoms with Crippen LogP contribution in [0.15, 0.2) is 36.7 Å². The highest BCUT2D eigenvalue weighted by atomic mass is 35.5. The lowest BCUT2D eigenvalue weighted by Gasteiger charge is -2.39. The quantitative estimate of drug-likeness (QED) is 0.850. The number of rotatable bonds is 5. The molecule has 0 amide bonds. The van der Waals surface area contributed by atoms with Crippen molar-refractivity contribution in [3.63, 3.8) is 0 Å². The number of hydrogen-bond donors (Lipinski definition) is 2. The number of nitrogens with one attached hydrogen (secondary N) is 1. The Kier molecular flexibility index (Phi) is 5.45. The minimum atomic E-state index is -0.665. The van der Waals surface area contributed by atoms with Crippen molar-refractivity contribution in [2.45, 2.75) is 38.8 Å². The van der Waals surface area contributed by atoms with Gasteiger partial charge in [0.05, 0.1) is 5.60 Å². The van der Waals surface area contributed by atoms with Crippen LogP contribution in [0, 0.1) is 5.92 Å². The van der Waals surface area contributed by atoms with Crippen molar-refractivity contribution in [2.24, 2.45) is 5.92 Å². The molecule has 0 saturated carbocycles. The maximum atomic E-state index is 10.3. The molecular weight excluding hydrogens is 336 g/mol. The van der Waals surface area contributed by atoms with Crippen LogP contribution in [0.25, 0.3) is 0 Å². The first-order chi connectivity index (χ1) is 11.9. The fourth-order valence-corrected chi connectivity index (χ4v) is 3.30. The summed E-state index contributed by atoms with van der Waals surface area (Å²) in [5, 5.41) is 14.4. The van der Waals surface area contributed by atoms with Crippen LogP contribution in [-0.2, 0) is 6.54 Å². The molecule has 3 rings (SSSR count). The van der Waals surface area contributed by atoms with Gasteiger partial charge in [-0.3, -0.25) is 0 Å². The lowest BCUT2D eigenvalue weighted by atomic mass is 9.84. The van der Waals surface area contributed by atoms with Gasteiger partial charge in [0.1, 0.15) is 18.0 Å².